The Kier molecular flexibility index (Phi) is 6.98. The Morgan fingerprint density at radius 2 is 1.75 bits per heavy atom. The van der Waals surface area contributed by atoms with Gasteiger partial charge in [-0.1, -0.05) is 50.1 Å². The van der Waals surface area contributed by atoms with Crippen LogP contribution in [0, 0.1) is 11.6 Å². The number of halogens is 2. The average molecular weight is 330 g/mol. The Labute approximate surface area is 143 Å². The van der Waals surface area contributed by atoms with Gasteiger partial charge in [0.05, 0.1) is 6.61 Å². The van der Waals surface area contributed by atoms with Crippen LogP contribution in [0.5, 0.6) is 5.75 Å². The number of hydrogen-bond donors (Lipinski definition) is 0. The molecule has 2 aromatic rings. The molecular weight excluding hydrogens is 306 g/mol. The first-order valence-corrected chi connectivity index (χ1v) is 8.48. The van der Waals surface area contributed by atoms with E-state index in [-0.39, 0.29) is 11.3 Å². The number of benzene rings is 2. The molecule has 0 aliphatic carbocycles. The van der Waals surface area contributed by atoms with Gasteiger partial charge in [0.2, 0.25) is 5.82 Å². The lowest BCUT2D eigenvalue weighted by Crippen LogP contribution is -2.01. The first-order chi connectivity index (χ1) is 11.7. The summed E-state index contributed by atoms with van der Waals surface area (Å²) in [6, 6.07) is 10.6. The molecule has 0 N–H and O–H groups in total. The number of unbranched alkanes of at least 4 members (excludes halogenated alkanes) is 2. The summed E-state index contributed by atoms with van der Waals surface area (Å²) in [4.78, 5) is 0. The minimum absolute atomic E-state index is 0.0186. The second-order valence-electron chi connectivity index (χ2n) is 5.82. The van der Waals surface area contributed by atoms with E-state index in [0.717, 1.165) is 37.7 Å². The molecule has 0 amide bonds. The van der Waals surface area contributed by atoms with Crippen molar-refractivity contribution in [2.45, 2.75) is 39.0 Å². The van der Waals surface area contributed by atoms with E-state index in [1.807, 2.05) is 30.3 Å². The summed E-state index contributed by atoms with van der Waals surface area (Å²) in [7, 11) is 0. The third-order valence-corrected chi connectivity index (χ3v) is 3.95. The molecule has 24 heavy (non-hydrogen) atoms. The van der Waals surface area contributed by atoms with E-state index in [2.05, 4.69) is 13.5 Å². The van der Waals surface area contributed by atoms with Gasteiger partial charge < -0.3 is 4.74 Å². The Balaban J connectivity index is 2.13. The maximum absolute atomic E-state index is 14.4. The Bertz CT molecular complexity index is 662. The van der Waals surface area contributed by atoms with Crippen LogP contribution < -0.4 is 4.74 Å². The number of ether oxygens (including phenoxy) is 1. The van der Waals surface area contributed by atoms with Crippen molar-refractivity contribution in [3.05, 3.63) is 66.3 Å². The second kappa shape index (κ2) is 9.21. The standard InChI is InChI=1S/C21H24F2O/c1-3-5-7-15-24-19-14-13-18(20(22)21(19)23)17-11-9-16(10-12-17)8-6-4-2/h4,9-14H,2-3,5-8,15H2,1H3. The lowest BCUT2D eigenvalue weighted by molar-refractivity contribution is 0.286. The van der Waals surface area contributed by atoms with Crippen molar-refractivity contribution in [3.8, 4) is 16.9 Å². The highest BCUT2D eigenvalue weighted by molar-refractivity contribution is 5.65. The van der Waals surface area contributed by atoms with Crippen LogP contribution in [0.2, 0.25) is 0 Å². The van der Waals surface area contributed by atoms with Gasteiger partial charge in [-0.15, -0.1) is 6.58 Å². The summed E-state index contributed by atoms with van der Waals surface area (Å²) in [5.74, 6) is -1.79. The number of hydrogen-bond acceptors (Lipinski definition) is 1. The first-order valence-electron chi connectivity index (χ1n) is 8.48. The van der Waals surface area contributed by atoms with E-state index >= 15 is 0 Å². The second-order valence-corrected chi connectivity index (χ2v) is 5.82. The fourth-order valence-corrected chi connectivity index (χ4v) is 2.52. The van der Waals surface area contributed by atoms with Crippen LogP contribution in [0.25, 0.3) is 11.1 Å². The summed E-state index contributed by atoms with van der Waals surface area (Å²) in [6.45, 7) is 6.18. The lowest BCUT2D eigenvalue weighted by Gasteiger charge is -2.11. The molecule has 0 fully saturated rings. The van der Waals surface area contributed by atoms with Crippen molar-refractivity contribution >= 4 is 0 Å². The quantitative estimate of drug-likeness (QED) is 0.386. The fourth-order valence-electron chi connectivity index (χ4n) is 2.52. The van der Waals surface area contributed by atoms with E-state index in [4.69, 9.17) is 4.74 Å². The zero-order valence-electron chi connectivity index (χ0n) is 14.2. The van der Waals surface area contributed by atoms with E-state index in [1.54, 1.807) is 6.07 Å². The van der Waals surface area contributed by atoms with Crippen LogP contribution in [0.1, 0.15) is 38.2 Å². The van der Waals surface area contributed by atoms with Crippen molar-refractivity contribution in [1.82, 2.24) is 0 Å². The molecule has 3 heteroatoms. The summed E-state index contributed by atoms with van der Waals surface area (Å²) < 4.78 is 33.9. The van der Waals surface area contributed by atoms with Gasteiger partial charge in [-0.3, -0.25) is 0 Å². The maximum Gasteiger partial charge on any atom is 0.201 e. The molecule has 0 atom stereocenters. The molecule has 0 bridgehead atoms. The van der Waals surface area contributed by atoms with Crippen LogP contribution in [0.15, 0.2) is 49.1 Å². The van der Waals surface area contributed by atoms with Crippen molar-refractivity contribution in [3.63, 3.8) is 0 Å². The van der Waals surface area contributed by atoms with Crippen LogP contribution in [0.3, 0.4) is 0 Å². The zero-order chi connectivity index (χ0) is 17.4. The smallest absolute Gasteiger partial charge is 0.201 e. The predicted molar refractivity (Wildman–Crippen MR) is 95.3 cm³/mol. The van der Waals surface area contributed by atoms with Gasteiger partial charge in [-0.2, -0.15) is 4.39 Å². The summed E-state index contributed by atoms with van der Waals surface area (Å²) in [5.41, 5.74) is 2.06. The van der Waals surface area contributed by atoms with Gasteiger partial charge in [-0.05, 0) is 42.5 Å². The lowest BCUT2D eigenvalue weighted by atomic mass is 10.0. The first kappa shape index (κ1) is 18.2. The largest absolute Gasteiger partial charge is 0.490 e. The molecular formula is C21H24F2O. The van der Waals surface area contributed by atoms with Gasteiger partial charge in [0, 0.05) is 5.56 Å². The topological polar surface area (TPSA) is 9.23 Å². The molecule has 1 nitrogen and oxygen atoms in total. The highest BCUT2D eigenvalue weighted by Gasteiger charge is 2.15. The van der Waals surface area contributed by atoms with Gasteiger partial charge in [0.15, 0.2) is 11.6 Å². The van der Waals surface area contributed by atoms with Crippen LogP contribution in [-0.4, -0.2) is 6.61 Å². The molecule has 0 spiro atoms. The molecule has 128 valence electrons. The molecule has 0 aliphatic rings. The third kappa shape index (κ3) is 4.67. The molecule has 0 heterocycles. The summed E-state index contributed by atoms with van der Waals surface area (Å²) in [6.07, 6.45) is 6.56. The summed E-state index contributed by atoms with van der Waals surface area (Å²) in [5, 5.41) is 0. The monoisotopic (exact) mass is 330 g/mol. The normalized spacial score (nSPS) is 10.6. The van der Waals surface area contributed by atoms with Crippen LogP contribution in [0.4, 0.5) is 8.78 Å². The third-order valence-electron chi connectivity index (χ3n) is 3.95. The Morgan fingerprint density at radius 3 is 2.42 bits per heavy atom. The molecule has 0 aromatic heterocycles. The predicted octanol–water partition coefficient (Wildman–Crippen LogP) is 6.32. The molecule has 2 rings (SSSR count). The van der Waals surface area contributed by atoms with Crippen molar-refractivity contribution in [2.24, 2.45) is 0 Å². The fraction of sp³-hybridized carbons (Fsp3) is 0.333. The van der Waals surface area contributed by atoms with Crippen LogP contribution >= 0.6 is 0 Å². The Hall–Kier alpha value is -2.16. The number of allylic oxidation sites excluding steroid dienone is 1. The molecule has 0 unspecified atom stereocenters. The van der Waals surface area contributed by atoms with E-state index in [0.29, 0.717) is 12.2 Å². The van der Waals surface area contributed by atoms with E-state index in [1.165, 1.54) is 6.07 Å². The highest BCUT2D eigenvalue weighted by Crippen LogP contribution is 2.30. The SMILES string of the molecule is C=CCCc1ccc(-c2ccc(OCCCCC)c(F)c2F)cc1. The van der Waals surface area contributed by atoms with E-state index in [9.17, 15) is 8.78 Å². The molecule has 0 saturated heterocycles. The molecule has 0 radical (unpaired) electrons. The summed E-state index contributed by atoms with van der Waals surface area (Å²) >= 11 is 0. The molecule has 2 aromatic carbocycles. The maximum atomic E-state index is 14.4. The Morgan fingerprint density at radius 1 is 1.00 bits per heavy atom. The van der Waals surface area contributed by atoms with Crippen molar-refractivity contribution in [1.29, 1.82) is 0 Å². The van der Waals surface area contributed by atoms with Gasteiger partial charge in [0.1, 0.15) is 0 Å². The van der Waals surface area contributed by atoms with Crippen molar-refractivity contribution < 1.29 is 13.5 Å². The van der Waals surface area contributed by atoms with Gasteiger partial charge in [0.25, 0.3) is 0 Å². The average Bonchev–Trinajstić information content (AvgIpc) is 2.61. The van der Waals surface area contributed by atoms with Crippen molar-refractivity contribution in [2.75, 3.05) is 6.61 Å². The van der Waals surface area contributed by atoms with E-state index < -0.39 is 11.6 Å². The van der Waals surface area contributed by atoms with Gasteiger partial charge >= 0.3 is 0 Å². The number of aryl methyl sites for hydroxylation is 1. The van der Waals surface area contributed by atoms with Crippen LogP contribution in [-0.2, 0) is 6.42 Å². The number of rotatable bonds is 9. The molecule has 0 aliphatic heterocycles. The minimum atomic E-state index is -0.917. The minimum Gasteiger partial charge on any atom is -0.490 e. The van der Waals surface area contributed by atoms with Gasteiger partial charge in [-0.25, -0.2) is 4.39 Å². The highest BCUT2D eigenvalue weighted by atomic mass is 19.2. The zero-order valence-corrected chi connectivity index (χ0v) is 14.2. The molecule has 0 saturated carbocycles.